The van der Waals surface area contributed by atoms with Crippen LogP contribution in [0.2, 0.25) is 0 Å². The number of benzene rings is 1. The molecule has 0 bridgehead atoms. The van der Waals surface area contributed by atoms with Crippen LogP contribution in [-0.4, -0.2) is 46.7 Å². The Kier molecular flexibility index (Phi) is 4.36. The summed E-state index contributed by atoms with van der Waals surface area (Å²) < 4.78 is 33.5. The lowest BCUT2D eigenvalue weighted by Crippen LogP contribution is -2.51. The first-order valence-electron chi connectivity index (χ1n) is 8.72. The van der Waals surface area contributed by atoms with Gasteiger partial charge in [0.2, 0.25) is 5.88 Å². The molecular weight excluding hydrogens is 342 g/mol. The fraction of sp³-hybridized carbons (Fsp3) is 0.444. The molecule has 1 saturated heterocycles. The Labute approximate surface area is 149 Å². The van der Waals surface area contributed by atoms with E-state index in [1.165, 1.54) is 6.07 Å². The van der Waals surface area contributed by atoms with E-state index in [-0.39, 0.29) is 24.2 Å². The summed E-state index contributed by atoms with van der Waals surface area (Å²) in [5.41, 5.74) is 0.126. The average Bonchev–Trinajstić information content (AvgIpc) is 3.01. The number of halogens is 2. The minimum Gasteiger partial charge on any atom is -0.473 e. The largest absolute Gasteiger partial charge is 0.473 e. The predicted molar refractivity (Wildman–Crippen MR) is 92.4 cm³/mol. The van der Waals surface area contributed by atoms with Gasteiger partial charge < -0.3 is 9.64 Å². The van der Waals surface area contributed by atoms with Crippen molar-refractivity contribution in [1.29, 1.82) is 0 Å². The van der Waals surface area contributed by atoms with Crippen molar-refractivity contribution < 1.29 is 13.5 Å². The SMILES string of the molecule is CCN1CCN2c3cc(OCc4ccc(F)c(F)c4)nc(=O)n3CC2C1. The summed E-state index contributed by atoms with van der Waals surface area (Å²) in [6.07, 6.45) is 0. The molecule has 3 heterocycles. The van der Waals surface area contributed by atoms with E-state index >= 15 is 0 Å². The van der Waals surface area contributed by atoms with Crippen molar-refractivity contribution in [2.75, 3.05) is 31.1 Å². The molecule has 8 heteroatoms. The van der Waals surface area contributed by atoms with Gasteiger partial charge in [-0.2, -0.15) is 4.98 Å². The quantitative estimate of drug-likeness (QED) is 0.827. The molecule has 1 aromatic heterocycles. The van der Waals surface area contributed by atoms with Crippen molar-refractivity contribution in [2.45, 2.75) is 26.1 Å². The van der Waals surface area contributed by atoms with Crippen LogP contribution in [0.1, 0.15) is 12.5 Å². The molecule has 1 aromatic carbocycles. The van der Waals surface area contributed by atoms with E-state index < -0.39 is 11.6 Å². The maximum absolute atomic E-state index is 13.3. The number of nitrogens with zero attached hydrogens (tertiary/aromatic N) is 4. The average molecular weight is 362 g/mol. The third kappa shape index (κ3) is 3.05. The van der Waals surface area contributed by atoms with Gasteiger partial charge in [0, 0.05) is 25.7 Å². The number of aromatic nitrogens is 2. The Balaban J connectivity index is 1.53. The lowest BCUT2D eigenvalue weighted by atomic mass is 10.2. The van der Waals surface area contributed by atoms with E-state index in [1.807, 2.05) is 0 Å². The highest BCUT2D eigenvalue weighted by Gasteiger charge is 2.35. The van der Waals surface area contributed by atoms with Gasteiger partial charge in [-0.15, -0.1) is 0 Å². The zero-order valence-electron chi connectivity index (χ0n) is 14.5. The highest BCUT2D eigenvalue weighted by Crippen LogP contribution is 2.29. The number of piperazine rings is 1. The Morgan fingerprint density at radius 2 is 2.04 bits per heavy atom. The molecule has 26 heavy (non-hydrogen) atoms. The maximum Gasteiger partial charge on any atom is 0.352 e. The van der Waals surface area contributed by atoms with E-state index in [0.29, 0.717) is 12.1 Å². The molecule has 4 rings (SSSR count). The van der Waals surface area contributed by atoms with E-state index in [1.54, 1.807) is 10.6 Å². The van der Waals surface area contributed by atoms with Crippen molar-refractivity contribution in [1.82, 2.24) is 14.5 Å². The molecule has 2 aliphatic rings. The Hall–Kier alpha value is -2.48. The van der Waals surface area contributed by atoms with Gasteiger partial charge in [0.1, 0.15) is 12.4 Å². The van der Waals surface area contributed by atoms with Gasteiger partial charge >= 0.3 is 5.69 Å². The molecule has 2 aliphatic heterocycles. The molecule has 1 fully saturated rings. The standard InChI is InChI=1S/C18H20F2N4O2/c1-2-22-5-6-23-13(9-22)10-24-17(23)8-16(21-18(24)25)26-11-12-3-4-14(19)15(20)7-12/h3-4,7-8,13H,2,5-6,9-11H2,1H3. The molecule has 1 atom stereocenters. The normalized spacial score (nSPS) is 19.3. The number of ether oxygens (including phenoxy) is 1. The second kappa shape index (κ2) is 6.68. The Morgan fingerprint density at radius 3 is 2.81 bits per heavy atom. The topological polar surface area (TPSA) is 50.6 Å². The molecular formula is C18H20F2N4O2. The summed E-state index contributed by atoms with van der Waals surface area (Å²) in [5.74, 6) is -0.819. The Bertz CT molecular complexity index is 886. The molecule has 0 N–H and O–H groups in total. The smallest absolute Gasteiger partial charge is 0.352 e. The first-order chi connectivity index (χ1) is 12.5. The predicted octanol–water partition coefficient (Wildman–Crippen LogP) is 1.62. The molecule has 1 unspecified atom stereocenters. The van der Waals surface area contributed by atoms with Gasteiger partial charge in [0.05, 0.1) is 12.6 Å². The summed E-state index contributed by atoms with van der Waals surface area (Å²) in [6.45, 7) is 6.50. The fourth-order valence-corrected chi connectivity index (χ4v) is 3.62. The monoisotopic (exact) mass is 362 g/mol. The first-order valence-corrected chi connectivity index (χ1v) is 8.72. The van der Waals surface area contributed by atoms with E-state index in [0.717, 1.165) is 44.1 Å². The zero-order valence-corrected chi connectivity index (χ0v) is 14.5. The van der Waals surface area contributed by atoms with Crippen LogP contribution in [0.4, 0.5) is 14.6 Å². The lowest BCUT2D eigenvalue weighted by molar-refractivity contribution is 0.234. The van der Waals surface area contributed by atoms with Gasteiger partial charge in [-0.25, -0.2) is 13.6 Å². The van der Waals surface area contributed by atoms with Crippen LogP contribution in [0, 0.1) is 11.6 Å². The summed E-state index contributed by atoms with van der Waals surface area (Å²) in [4.78, 5) is 20.9. The molecule has 0 radical (unpaired) electrons. The van der Waals surface area contributed by atoms with Crippen LogP contribution in [0.25, 0.3) is 0 Å². The van der Waals surface area contributed by atoms with Gasteiger partial charge in [-0.1, -0.05) is 13.0 Å². The third-order valence-electron chi connectivity index (χ3n) is 5.04. The lowest BCUT2D eigenvalue weighted by Gasteiger charge is -2.37. The highest BCUT2D eigenvalue weighted by molar-refractivity contribution is 5.47. The second-order valence-corrected chi connectivity index (χ2v) is 6.62. The van der Waals surface area contributed by atoms with Gasteiger partial charge in [-0.3, -0.25) is 9.47 Å². The van der Waals surface area contributed by atoms with Crippen molar-refractivity contribution in [3.05, 3.63) is 51.9 Å². The number of anilines is 1. The van der Waals surface area contributed by atoms with Crippen molar-refractivity contribution >= 4 is 5.82 Å². The number of hydrogen-bond acceptors (Lipinski definition) is 5. The van der Waals surface area contributed by atoms with Gasteiger partial charge in [-0.05, 0) is 24.2 Å². The number of likely N-dealkylation sites (N-methyl/N-ethyl adjacent to an activating group) is 1. The summed E-state index contributed by atoms with van der Waals surface area (Å²) in [7, 11) is 0. The number of fused-ring (bicyclic) bond motifs is 3. The summed E-state index contributed by atoms with van der Waals surface area (Å²) in [6, 6.07) is 5.59. The molecule has 6 nitrogen and oxygen atoms in total. The molecule has 2 aromatic rings. The van der Waals surface area contributed by atoms with Crippen molar-refractivity contribution in [3.8, 4) is 5.88 Å². The first kappa shape index (κ1) is 17.0. The minimum atomic E-state index is -0.926. The zero-order chi connectivity index (χ0) is 18.3. The molecule has 0 amide bonds. The van der Waals surface area contributed by atoms with Crippen LogP contribution < -0.4 is 15.3 Å². The molecule has 138 valence electrons. The third-order valence-corrected chi connectivity index (χ3v) is 5.04. The highest BCUT2D eigenvalue weighted by atomic mass is 19.2. The molecule has 0 aliphatic carbocycles. The van der Waals surface area contributed by atoms with Crippen LogP contribution >= 0.6 is 0 Å². The van der Waals surface area contributed by atoms with E-state index in [2.05, 4.69) is 21.7 Å². The second-order valence-electron chi connectivity index (χ2n) is 6.62. The molecule has 0 spiro atoms. The fourth-order valence-electron chi connectivity index (χ4n) is 3.62. The van der Waals surface area contributed by atoms with Crippen LogP contribution in [0.5, 0.6) is 5.88 Å². The van der Waals surface area contributed by atoms with Crippen molar-refractivity contribution in [2.24, 2.45) is 0 Å². The van der Waals surface area contributed by atoms with Crippen molar-refractivity contribution in [3.63, 3.8) is 0 Å². The summed E-state index contributed by atoms with van der Waals surface area (Å²) >= 11 is 0. The molecule has 0 saturated carbocycles. The maximum atomic E-state index is 13.3. The van der Waals surface area contributed by atoms with Crippen LogP contribution in [0.15, 0.2) is 29.1 Å². The Morgan fingerprint density at radius 1 is 1.19 bits per heavy atom. The number of rotatable bonds is 4. The van der Waals surface area contributed by atoms with Crippen LogP contribution in [-0.2, 0) is 13.2 Å². The van der Waals surface area contributed by atoms with Crippen LogP contribution in [0.3, 0.4) is 0 Å². The van der Waals surface area contributed by atoms with E-state index in [9.17, 15) is 13.6 Å². The van der Waals surface area contributed by atoms with Gasteiger partial charge in [0.25, 0.3) is 0 Å². The van der Waals surface area contributed by atoms with Gasteiger partial charge in [0.15, 0.2) is 11.6 Å². The summed E-state index contributed by atoms with van der Waals surface area (Å²) in [5, 5.41) is 0. The van der Waals surface area contributed by atoms with E-state index in [4.69, 9.17) is 4.74 Å². The minimum absolute atomic E-state index is 0.0140. The number of hydrogen-bond donors (Lipinski definition) is 0.